The Hall–Kier alpha value is -0.150. The fourth-order valence-electron chi connectivity index (χ4n) is 0.619. The van der Waals surface area contributed by atoms with Crippen LogP contribution in [-0.4, -0.2) is 11.4 Å². The number of aryl methyl sites for hydroxylation is 1. The van der Waals surface area contributed by atoms with Gasteiger partial charge in [-0.25, -0.2) is 0 Å². The smallest absolute Gasteiger partial charge is 0.118 e. The van der Waals surface area contributed by atoms with Gasteiger partial charge >= 0.3 is 0 Å². The highest BCUT2D eigenvalue weighted by atomic mass is 79.9. The molecule has 0 fully saturated rings. The summed E-state index contributed by atoms with van der Waals surface area (Å²) >= 11 is 6.81. The lowest BCUT2D eigenvalue weighted by atomic mass is 10.2. The standard InChI is InChI=1S/C7H7BrO.C4H10.2C2H6.CH4S/c1-5-4-6(8)2-3-7(5)9;1-4(2)3;3*1-2/h2-4,9H,1H3;4H,1-3H3;2*1-2H3;2H,1H3. The van der Waals surface area contributed by atoms with Crippen LogP contribution in [0.2, 0.25) is 0 Å². The van der Waals surface area contributed by atoms with E-state index in [1.807, 2.05) is 46.8 Å². The zero-order valence-corrected chi connectivity index (χ0v) is 16.6. The van der Waals surface area contributed by atoms with E-state index in [0.717, 1.165) is 16.0 Å². The summed E-state index contributed by atoms with van der Waals surface area (Å²) in [6, 6.07) is 5.34. The monoisotopic (exact) mass is 352 g/mol. The molecule has 0 radical (unpaired) electrons. The quantitative estimate of drug-likeness (QED) is 0.496. The number of aromatic hydroxyl groups is 1. The normalized spacial score (nSPS) is 7.37. The first-order chi connectivity index (χ1) is 8.93. The van der Waals surface area contributed by atoms with Crippen LogP contribution in [0.4, 0.5) is 0 Å². The molecule has 0 aliphatic carbocycles. The van der Waals surface area contributed by atoms with Crippen molar-refractivity contribution >= 4 is 28.6 Å². The van der Waals surface area contributed by atoms with Crippen LogP contribution in [0.25, 0.3) is 0 Å². The molecule has 19 heavy (non-hydrogen) atoms. The van der Waals surface area contributed by atoms with Crippen molar-refractivity contribution in [3.8, 4) is 5.75 Å². The molecule has 1 aromatic carbocycles. The third-order valence-electron chi connectivity index (χ3n) is 1.16. The lowest BCUT2D eigenvalue weighted by Crippen LogP contribution is -1.72. The first kappa shape index (κ1) is 27.2. The lowest BCUT2D eigenvalue weighted by Gasteiger charge is -1.96. The summed E-state index contributed by atoms with van der Waals surface area (Å²) in [4.78, 5) is 0. The SMILES string of the molecule is CC.CC.CC(C)C.CS.Cc1cc(Br)ccc1O. The Labute approximate surface area is 135 Å². The van der Waals surface area contributed by atoms with E-state index in [0.29, 0.717) is 5.75 Å². The van der Waals surface area contributed by atoms with Crippen molar-refractivity contribution in [1.82, 2.24) is 0 Å². The maximum Gasteiger partial charge on any atom is 0.118 e. The van der Waals surface area contributed by atoms with E-state index in [2.05, 4.69) is 49.3 Å². The Morgan fingerprint density at radius 2 is 1.32 bits per heavy atom. The summed E-state index contributed by atoms with van der Waals surface area (Å²) in [5, 5.41) is 9.02. The molecule has 116 valence electrons. The van der Waals surface area contributed by atoms with Gasteiger partial charge in [0, 0.05) is 4.47 Å². The summed E-state index contributed by atoms with van der Waals surface area (Å²) in [7, 11) is 0. The second kappa shape index (κ2) is 23.0. The molecule has 1 nitrogen and oxygen atoms in total. The van der Waals surface area contributed by atoms with E-state index in [-0.39, 0.29) is 0 Å². The van der Waals surface area contributed by atoms with Crippen LogP contribution in [0.15, 0.2) is 22.7 Å². The van der Waals surface area contributed by atoms with Gasteiger partial charge in [0.25, 0.3) is 0 Å². The van der Waals surface area contributed by atoms with Crippen molar-refractivity contribution in [2.45, 2.75) is 55.4 Å². The molecule has 1 rings (SSSR count). The van der Waals surface area contributed by atoms with Crippen molar-refractivity contribution in [2.75, 3.05) is 6.26 Å². The van der Waals surface area contributed by atoms with Gasteiger partial charge in [-0.2, -0.15) is 12.6 Å². The fourth-order valence-corrected chi connectivity index (χ4v) is 1.09. The van der Waals surface area contributed by atoms with Crippen LogP contribution in [-0.2, 0) is 0 Å². The number of benzene rings is 1. The first-order valence-electron chi connectivity index (χ1n) is 6.83. The van der Waals surface area contributed by atoms with Gasteiger partial charge in [0.05, 0.1) is 0 Å². The number of phenols is 1. The Morgan fingerprint density at radius 1 is 1.00 bits per heavy atom. The van der Waals surface area contributed by atoms with Crippen LogP contribution in [0.5, 0.6) is 5.75 Å². The summed E-state index contributed by atoms with van der Waals surface area (Å²) in [5.41, 5.74) is 0.893. The van der Waals surface area contributed by atoms with Crippen molar-refractivity contribution in [1.29, 1.82) is 0 Å². The van der Waals surface area contributed by atoms with Crippen molar-refractivity contribution in [3.05, 3.63) is 28.2 Å². The van der Waals surface area contributed by atoms with Crippen molar-refractivity contribution in [3.63, 3.8) is 0 Å². The first-order valence-corrected chi connectivity index (χ1v) is 8.52. The second-order valence-corrected chi connectivity index (χ2v) is 4.58. The van der Waals surface area contributed by atoms with Gasteiger partial charge in [-0.05, 0) is 42.9 Å². The zero-order chi connectivity index (χ0) is 16.4. The maximum atomic E-state index is 9.02. The zero-order valence-electron chi connectivity index (χ0n) is 14.1. The minimum absolute atomic E-state index is 0.346. The molecule has 0 amide bonds. The number of hydrogen-bond donors (Lipinski definition) is 2. The van der Waals surface area contributed by atoms with E-state index >= 15 is 0 Å². The second-order valence-electron chi connectivity index (χ2n) is 3.66. The van der Waals surface area contributed by atoms with Crippen molar-refractivity contribution in [2.24, 2.45) is 5.92 Å². The summed E-state index contributed by atoms with van der Waals surface area (Å²) < 4.78 is 0.998. The van der Waals surface area contributed by atoms with Gasteiger partial charge < -0.3 is 5.11 Å². The Kier molecular flexibility index (Phi) is 32.9. The number of thiol groups is 1. The van der Waals surface area contributed by atoms with Crippen LogP contribution in [0.3, 0.4) is 0 Å². The van der Waals surface area contributed by atoms with Crippen LogP contribution >= 0.6 is 28.6 Å². The topological polar surface area (TPSA) is 20.2 Å². The molecular formula is C16H33BrOS. The average Bonchev–Trinajstić information content (AvgIpc) is 2.41. The van der Waals surface area contributed by atoms with Crippen LogP contribution in [0, 0.1) is 12.8 Å². The molecule has 0 spiro atoms. The van der Waals surface area contributed by atoms with E-state index < -0.39 is 0 Å². The summed E-state index contributed by atoms with van der Waals surface area (Å²) in [6.45, 7) is 16.4. The molecular weight excluding hydrogens is 320 g/mol. The van der Waals surface area contributed by atoms with E-state index in [1.165, 1.54) is 0 Å². The molecule has 0 saturated carbocycles. The van der Waals surface area contributed by atoms with Gasteiger partial charge in [-0.15, -0.1) is 0 Å². The Morgan fingerprint density at radius 3 is 1.53 bits per heavy atom. The molecule has 0 atom stereocenters. The average molecular weight is 353 g/mol. The fraction of sp³-hybridized carbons (Fsp3) is 0.625. The summed E-state index contributed by atoms with van der Waals surface area (Å²) in [5.74, 6) is 1.18. The van der Waals surface area contributed by atoms with Gasteiger partial charge in [0.1, 0.15) is 5.75 Å². The van der Waals surface area contributed by atoms with Crippen LogP contribution < -0.4 is 0 Å². The highest BCUT2D eigenvalue weighted by Crippen LogP contribution is 2.19. The van der Waals surface area contributed by atoms with Crippen molar-refractivity contribution < 1.29 is 5.11 Å². The molecule has 0 saturated heterocycles. The highest BCUT2D eigenvalue weighted by molar-refractivity contribution is 9.10. The predicted octanol–water partition coefficient (Wildman–Crippen LogP) is 6.72. The third kappa shape index (κ3) is 27.2. The molecule has 0 aromatic heterocycles. The van der Waals surface area contributed by atoms with Gasteiger partial charge in [-0.1, -0.05) is 64.4 Å². The minimum atomic E-state index is 0.346. The third-order valence-corrected chi connectivity index (χ3v) is 1.65. The number of halogens is 1. The van der Waals surface area contributed by atoms with E-state index in [4.69, 9.17) is 5.11 Å². The largest absolute Gasteiger partial charge is 0.508 e. The Balaban J connectivity index is -0.0000000957. The maximum absolute atomic E-state index is 9.02. The molecule has 0 aliphatic rings. The molecule has 1 N–H and O–H groups in total. The van der Waals surface area contributed by atoms with Gasteiger partial charge in [0.15, 0.2) is 0 Å². The number of rotatable bonds is 0. The number of phenolic OH excluding ortho intramolecular Hbond substituents is 1. The minimum Gasteiger partial charge on any atom is -0.508 e. The molecule has 3 heteroatoms. The van der Waals surface area contributed by atoms with E-state index in [1.54, 1.807) is 12.3 Å². The van der Waals surface area contributed by atoms with Gasteiger partial charge in [0.2, 0.25) is 0 Å². The predicted molar refractivity (Wildman–Crippen MR) is 98.7 cm³/mol. The molecule has 0 unspecified atom stereocenters. The Bertz CT molecular complexity index is 260. The summed E-state index contributed by atoms with van der Waals surface area (Å²) in [6.07, 6.45) is 1.69. The van der Waals surface area contributed by atoms with E-state index in [9.17, 15) is 0 Å². The molecule has 1 aromatic rings. The molecule has 0 bridgehead atoms. The van der Waals surface area contributed by atoms with Gasteiger partial charge in [-0.3, -0.25) is 0 Å². The number of hydrogen-bond acceptors (Lipinski definition) is 2. The van der Waals surface area contributed by atoms with Crippen LogP contribution in [0.1, 0.15) is 54.0 Å². The molecule has 0 aliphatic heterocycles. The lowest BCUT2D eigenvalue weighted by molar-refractivity contribution is 0.471. The molecule has 0 heterocycles. The highest BCUT2D eigenvalue weighted by Gasteiger charge is 1.92.